The van der Waals surface area contributed by atoms with Crippen molar-refractivity contribution in [1.29, 1.82) is 0 Å². The predicted octanol–water partition coefficient (Wildman–Crippen LogP) is 3.86. The van der Waals surface area contributed by atoms with Gasteiger partial charge in [0.1, 0.15) is 0 Å². The van der Waals surface area contributed by atoms with Gasteiger partial charge in [0.2, 0.25) is 5.88 Å². The number of carbonyl (C=O) groups is 2. The highest BCUT2D eigenvalue weighted by Crippen LogP contribution is 2.20. The highest BCUT2D eigenvalue weighted by molar-refractivity contribution is 9.10. The third kappa shape index (κ3) is 4.09. The first kappa shape index (κ1) is 15.1. The van der Waals surface area contributed by atoms with Gasteiger partial charge in [0, 0.05) is 6.07 Å². The molecule has 21 heavy (non-hydrogen) atoms. The van der Waals surface area contributed by atoms with Gasteiger partial charge in [-0.25, -0.2) is 9.59 Å². The molecule has 1 aromatic heterocycles. The van der Waals surface area contributed by atoms with Crippen LogP contribution in [0.4, 0.5) is 16.4 Å². The molecule has 2 rings (SSSR count). The molecule has 0 aliphatic heterocycles. The number of urea groups is 1. The molecule has 0 aliphatic carbocycles. The number of ether oxygens (including phenoxy) is 1. The lowest BCUT2D eigenvalue weighted by molar-refractivity contribution is 0.0527. The molecular weight excluding hydrogens is 340 g/mol. The van der Waals surface area contributed by atoms with Crippen molar-refractivity contribution in [3.63, 3.8) is 0 Å². The minimum Gasteiger partial charge on any atom is -0.462 e. The van der Waals surface area contributed by atoms with Crippen molar-refractivity contribution < 1.29 is 18.7 Å². The zero-order valence-corrected chi connectivity index (χ0v) is 12.8. The Kier molecular flexibility index (Phi) is 4.99. The molecule has 0 bridgehead atoms. The van der Waals surface area contributed by atoms with Gasteiger partial charge in [-0.2, -0.15) is 0 Å². The summed E-state index contributed by atoms with van der Waals surface area (Å²) in [5.41, 5.74) is 0.647. The molecule has 0 fully saturated rings. The predicted molar refractivity (Wildman–Crippen MR) is 81.4 cm³/mol. The minimum atomic E-state index is -0.520. The van der Waals surface area contributed by atoms with Gasteiger partial charge >= 0.3 is 12.0 Å². The van der Waals surface area contributed by atoms with Crippen LogP contribution in [0.1, 0.15) is 17.3 Å². The number of para-hydroxylation sites is 1. The third-order valence-electron chi connectivity index (χ3n) is 2.48. The van der Waals surface area contributed by atoms with E-state index in [9.17, 15) is 9.59 Å². The highest BCUT2D eigenvalue weighted by Gasteiger charge is 2.14. The Hall–Kier alpha value is -2.28. The zero-order chi connectivity index (χ0) is 15.2. The Labute approximate surface area is 129 Å². The average molecular weight is 353 g/mol. The second-order valence-electron chi connectivity index (χ2n) is 3.95. The molecule has 6 nitrogen and oxygen atoms in total. The van der Waals surface area contributed by atoms with E-state index in [1.807, 2.05) is 0 Å². The van der Waals surface area contributed by atoms with Crippen LogP contribution in [-0.4, -0.2) is 18.6 Å². The van der Waals surface area contributed by atoms with Crippen molar-refractivity contribution in [2.75, 3.05) is 17.2 Å². The first-order valence-electron chi connectivity index (χ1n) is 6.19. The summed E-state index contributed by atoms with van der Waals surface area (Å²) in [6.07, 6.45) is 0. The number of benzene rings is 1. The molecule has 2 aromatic rings. The summed E-state index contributed by atoms with van der Waals surface area (Å²) in [6, 6.07) is 9.33. The van der Waals surface area contributed by atoms with Gasteiger partial charge in [0.25, 0.3) is 0 Å². The van der Waals surface area contributed by atoms with Crippen LogP contribution in [0, 0.1) is 0 Å². The van der Waals surface area contributed by atoms with Crippen molar-refractivity contribution in [3.8, 4) is 0 Å². The molecule has 0 saturated carbocycles. The third-order valence-corrected chi connectivity index (χ3v) is 2.91. The van der Waals surface area contributed by atoms with Crippen LogP contribution in [0.3, 0.4) is 0 Å². The van der Waals surface area contributed by atoms with E-state index in [4.69, 9.17) is 9.15 Å². The lowest BCUT2D eigenvalue weighted by Crippen LogP contribution is -2.21. The van der Waals surface area contributed by atoms with Crippen molar-refractivity contribution in [2.24, 2.45) is 0 Å². The summed E-state index contributed by atoms with van der Waals surface area (Å²) in [5, 5.41) is 5.09. The number of halogens is 1. The van der Waals surface area contributed by atoms with Crippen LogP contribution in [0.15, 0.2) is 45.5 Å². The number of carbonyl (C=O) groups excluding carboxylic acids is 2. The first-order valence-corrected chi connectivity index (χ1v) is 6.99. The Balaban J connectivity index is 2.08. The lowest BCUT2D eigenvalue weighted by Gasteiger charge is -2.10. The van der Waals surface area contributed by atoms with E-state index >= 15 is 0 Å². The molecular formula is C14H13BrN2O4. The number of hydrogen-bond donors (Lipinski definition) is 2. The number of hydrogen-bond acceptors (Lipinski definition) is 4. The topological polar surface area (TPSA) is 80.6 Å². The number of anilines is 2. The molecule has 0 radical (unpaired) electrons. The maximum Gasteiger partial charge on any atom is 0.340 e. The molecule has 2 N–H and O–H groups in total. The lowest BCUT2D eigenvalue weighted by atomic mass is 10.2. The number of amides is 2. The van der Waals surface area contributed by atoms with Gasteiger partial charge in [-0.1, -0.05) is 12.1 Å². The average Bonchev–Trinajstić information content (AvgIpc) is 2.84. The Morgan fingerprint density at radius 2 is 1.95 bits per heavy atom. The fourth-order valence-electron chi connectivity index (χ4n) is 1.63. The van der Waals surface area contributed by atoms with Crippen LogP contribution >= 0.6 is 15.9 Å². The Bertz CT molecular complexity index is 654. The molecule has 0 spiro atoms. The molecule has 7 heteroatoms. The van der Waals surface area contributed by atoms with Crippen molar-refractivity contribution in [2.45, 2.75) is 6.92 Å². The van der Waals surface area contributed by atoms with Gasteiger partial charge < -0.3 is 14.5 Å². The van der Waals surface area contributed by atoms with Crippen LogP contribution in [0.5, 0.6) is 0 Å². The first-order chi connectivity index (χ1) is 10.1. The van der Waals surface area contributed by atoms with Crippen LogP contribution < -0.4 is 10.6 Å². The quantitative estimate of drug-likeness (QED) is 0.818. The van der Waals surface area contributed by atoms with E-state index < -0.39 is 12.0 Å². The molecule has 0 aliphatic rings. The smallest absolute Gasteiger partial charge is 0.340 e. The molecule has 2 amide bonds. The number of esters is 1. The second kappa shape index (κ2) is 6.94. The highest BCUT2D eigenvalue weighted by atomic mass is 79.9. The van der Waals surface area contributed by atoms with Crippen molar-refractivity contribution in [3.05, 3.63) is 46.6 Å². The number of furan rings is 1. The van der Waals surface area contributed by atoms with Crippen LogP contribution in [0.2, 0.25) is 0 Å². The fraction of sp³-hybridized carbons (Fsp3) is 0.143. The van der Waals surface area contributed by atoms with E-state index in [1.54, 1.807) is 43.3 Å². The standard InChI is InChI=1S/C14H13BrN2O4/c1-2-20-13(18)9-5-3-4-6-10(9)16-14(19)17-12-8-7-11(15)21-12/h3-8H,2H2,1H3,(H2,16,17,19). The normalized spacial score (nSPS) is 10.0. The number of nitrogens with one attached hydrogen (secondary N) is 2. The van der Waals surface area contributed by atoms with E-state index in [1.165, 1.54) is 0 Å². The maximum atomic E-state index is 11.9. The zero-order valence-electron chi connectivity index (χ0n) is 11.2. The molecule has 0 saturated heterocycles. The van der Waals surface area contributed by atoms with Gasteiger partial charge in [-0.3, -0.25) is 5.32 Å². The van der Waals surface area contributed by atoms with E-state index in [0.717, 1.165) is 0 Å². The summed E-state index contributed by atoms with van der Waals surface area (Å²) >= 11 is 3.14. The summed E-state index contributed by atoms with van der Waals surface area (Å²) < 4.78 is 10.6. The maximum absolute atomic E-state index is 11.9. The summed E-state index contributed by atoms with van der Waals surface area (Å²) in [6.45, 7) is 1.98. The van der Waals surface area contributed by atoms with Crippen LogP contribution in [0.25, 0.3) is 0 Å². The summed E-state index contributed by atoms with van der Waals surface area (Å²) in [7, 11) is 0. The van der Waals surface area contributed by atoms with E-state index in [0.29, 0.717) is 10.4 Å². The second-order valence-corrected chi connectivity index (χ2v) is 4.73. The van der Waals surface area contributed by atoms with Crippen LogP contribution in [-0.2, 0) is 4.74 Å². The van der Waals surface area contributed by atoms with Crippen molar-refractivity contribution >= 4 is 39.5 Å². The van der Waals surface area contributed by atoms with Gasteiger partial charge in [-0.05, 0) is 41.1 Å². The monoisotopic (exact) mass is 352 g/mol. The summed E-state index contributed by atoms with van der Waals surface area (Å²) in [4.78, 5) is 23.7. The van der Waals surface area contributed by atoms with Crippen molar-refractivity contribution in [1.82, 2.24) is 0 Å². The largest absolute Gasteiger partial charge is 0.462 e. The molecule has 110 valence electrons. The molecule has 1 aromatic carbocycles. The summed E-state index contributed by atoms with van der Waals surface area (Å²) in [5.74, 6) is -0.206. The number of rotatable bonds is 4. The molecule has 0 atom stereocenters. The molecule has 0 unspecified atom stereocenters. The Morgan fingerprint density at radius 3 is 2.62 bits per heavy atom. The van der Waals surface area contributed by atoms with E-state index in [-0.39, 0.29) is 18.1 Å². The van der Waals surface area contributed by atoms with Gasteiger partial charge in [-0.15, -0.1) is 0 Å². The van der Waals surface area contributed by atoms with E-state index in [2.05, 4.69) is 26.6 Å². The SMILES string of the molecule is CCOC(=O)c1ccccc1NC(=O)Nc1ccc(Br)o1. The molecule has 1 heterocycles. The Morgan fingerprint density at radius 1 is 1.19 bits per heavy atom. The fourth-order valence-corrected chi connectivity index (χ4v) is 1.93. The van der Waals surface area contributed by atoms with Gasteiger partial charge in [0.05, 0.1) is 17.9 Å². The van der Waals surface area contributed by atoms with Gasteiger partial charge in [0.15, 0.2) is 4.67 Å². The minimum absolute atomic E-state index is 0.264.